The van der Waals surface area contributed by atoms with E-state index in [2.05, 4.69) is 0 Å². The number of hydrogen-bond acceptors (Lipinski definition) is 4. The molecule has 2 rings (SSSR count). The van der Waals surface area contributed by atoms with E-state index >= 15 is 0 Å². The van der Waals surface area contributed by atoms with Gasteiger partial charge in [-0.3, -0.25) is 4.79 Å². The van der Waals surface area contributed by atoms with E-state index in [4.69, 9.17) is 28.8 Å². The summed E-state index contributed by atoms with van der Waals surface area (Å²) in [6.45, 7) is 1.02. The predicted molar refractivity (Wildman–Crippen MR) is 74.4 cm³/mol. The third kappa shape index (κ3) is 2.53. The fraction of sp³-hybridized carbons (Fsp3) is 0.417. The zero-order chi connectivity index (χ0) is 14.2. The monoisotopic (exact) mass is 286 g/mol. The van der Waals surface area contributed by atoms with Crippen LogP contribution in [0.3, 0.4) is 0 Å². The Bertz CT molecular complexity index is 515. The standard InChI is InChI=1S/C12H16ClFN4O/c13-9-7(15)5-8(16)11(10(9)14)18-3-1-6(2-4-18)12(17)19/h5-6H,1-4,15-16H2,(H2,17,19). The van der Waals surface area contributed by atoms with Crippen LogP contribution in [0.1, 0.15) is 12.8 Å². The van der Waals surface area contributed by atoms with Crippen molar-refractivity contribution >= 4 is 34.6 Å². The molecule has 6 N–H and O–H groups in total. The molecule has 1 aliphatic heterocycles. The van der Waals surface area contributed by atoms with E-state index in [0.29, 0.717) is 25.9 Å². The van der Waals surface area contributed by atoms with E-state index in [1.54, 1.807) is 4.90 Å². The molecule has 0 aliphatic carbocycles. The highest BCUT2D eigenvalue weighted by molar-refractivity contribution is 6.33. The van der Waals surface area contributed by atoms with Crippen LogP contribution in [-0.2, 0) is 4.79 Å². The largest absolute Gasteiger partial charge is 0.397 e. The number of benzene rings is 1. The molecular formula is C12H16ClFN4O. The quantitative estimate of drug-likeness (QED) is 0.715. The summed E-state index contributed by atoms with van der Waals surface area (Å²) in [5.74, 6) is -1.09. The van der Waals surface area contributed by atoms with Gasteiger partial charge in [-0.1, -0.05) is 11.6 Å². The normalized spacial score (nSPS) is 16.6. The molecular weight excluding hydrogens is 271 g/mol. The molecule has 19 heavy (non-hydrogen) atoms. The summed E-state index contributed by atoms with van der Waals surface area (Å²) >= 11 is 5.80. The molecule has 1 fully saturated rings. The average Bonchev–Trinajstić information content (AvgIpc) is 2.37. The second-order valence-electron chi connectivity index (χ2n) is 4.70. The zero-order valence-electron chi connectivity index (χ0n) is 10.3. The molecule has 1 amide bonds. The lowest BCUT2D eigenvalue weighted by Gasteiger charge is -2.33. The molecule has 0 spiro atoms. The SMILES string of the molecule is NC(=O)C1CCN(c2c(N)cc(N)c(Cl)c2F)CC1. The number of primary amides is 1. The van der Waals surface area contributed by atoms with Crippen LogP contribution >= 0.6 is 11.6 Å². The molecule has 0 radical (unpaired) electrons. The second kappa shape index (κ2) is 5.13. The minimum Gasteiger partial charge on any atom is -0.397 e. The summed E-state index contributed by atoms with van der Waals surface area (Å²) in [5.41, 5.74) is 17.2. The molecule has 104 valence electrons. The fourth-order valence-corrected chi connectivity index (χ4v) is 2.51. The molecule has 0 aromatic heterocycles. The number of nitrogen functional groups attached to an aromatic ring is 2. The van der Waals surface area contributed by atoms with Gasteiger partial charge in [0.15, 0.2) is 5.82 Å². The molecule has 0 saturated carbocycles. The van der Waals surface area contributed by atoms with Crippen molar-refractivity contribution in [3.63, 3.8) is 0 Å². The van der Waals surface area contributed by atoms with Crippen molar-refractivity contribution < 1.29 is 9.18 Å². The molecule has 0 bridgehead atoms. The Hall–Kier alpha value is -1.69. The van der Waals surface area contributed by atoms with Crippen LogP contribution in [0.15, 0.2) is 6.07 Å². The second-order valence-corrected chi connectivity index (χ2v) is 5.07. The molecule has 5 nitrogen and oxygen atoms in total. The van der Waals surface area contributed by atoms with Crippen LogP contribution < -0.4 is 22.1 Å². The minimum atomic E-state index is -0.614. The summed E-state index contributed by atoms with van der Waals surface area (Å²) in [5, 5.41) is -0.124. The van der Waals surface area contributed by atoms with Crippen LogP contribution in [0.25, 0.3) is 0 Å². The lowest BCUT2D eigenvalue weighted by molar-refractivity contribution is -0.122. The number of nitrogens with zero attached hydrogens (tertiary/aromatic N) is 1. The van der Waals surface area contributed by atoms with E-state index in [-0.39, 0.29) is 33.9 Å². The molecule has 1 saturated heterocycles. The number of nitrogens with two attached hydrogens (primary N) is 3. The number of rotatable bonds is 2. The van der Waals surface area contributed by atoms with Crippen molar-refractivity contribution in [2.75, 3.05) is 29.5 Å². The summed E-state index contributed by atoms with van der Waals surface area (Å²) in [7, 11) is 0. The first kappa shape index (κ1) is 13.7. The van der Waals surface area contributed by atoms with Crippen LogP contribution in [0, 0.1) is 11.7 Å². The highest BCUT2D eigenvalue weighted by Gasteiger charge is 2.27. The predicted octanol–water partition coefficient (Wildman–Crippen LogP) is 1.35. The van der Waals surface area contributed by atoms with Gasteiger partial charge in [0.25, 0.3) is 0 Å². The maximum absolute atomic E-state index is 14.1. The number of piperidine rings is 1. The molecule has 0 unspecified atom stereocenters. The van der Waals surface area contributed by atoms with Crippen molar-refractivity contribution in [3.8, 4) is 0 Å². The molecule has 0 atom stereocenters. The van der Waals surface area contributed by atoms with Crippen molar-refractivity contribution in [1.82, 2.24) is 0 Å². The highest BCUT2D eigenvalue weighted by atomic mass is 35.5. The van der Waals surface area contributed by atoms with Crippen molar-refractivity contribution in [3.05, 3.63) is 16.9 Å². The maximum Gasteiger partial charge on any atom is 0.220 e. The van der Waals surface area contributed by atoms with Crippen molar-refractivity contribution in [1.29, 1.82) is 0 Å². The third-order valence-electron chi connectivity index (χ3n) is 3.45. The first-order valence-corrected chi connectivity index (χ1v) is 6.36. The minimum absolute atomic E-state index is 0.118. The Morgan fingerprint density at radius 2 is 1.89 bits per heavy atom. The van der Waals surface area contributed by atoms with Crippen molar-refractivity contribution in [2.45, 2.75) is 12.8 Å². The van der Waals surface area contributed by atoms with Crippen LogP contribution in [-0.4, -0.2) is 19.0 Å². The molecule has 1 aromatic rings. The van der Waals surface area contributed by atoms with Gasteiger partial charge >= 0.3 is 0 Å². The van der Waals surface area contributed by atoms with Crippen molar-refractivity contribution in [2.24, 2.45) is 11.7 Å². The van der Waals surface area contributed by atoms with Gasteiger partial charge in [0.1, 0.15) is 5.02 Å². The van der Waals surface area contributed by atoms with Gasteiger partial charge < -0.3 is 22.1 Å². The summed E-state index contributed by atoms with van der Waals surface area (Å²) in [4.78, 5) is 12.9. The first-order valence-electron chi connectivity index (χ1n) is 5.99. The van der Waals surface area contributed by atoms with Crippen LogP contribution in [0.5, 0.6) is 0 Å². The lowest BCUT2D eigenvalue weighted by atomic mass is 9.95. The highest BCUT2D eigenvalue weighted by Crippen LogP contribution is 2.37. The number of carbonyl (C=O) groups is 1. The third-order valence-corrected chi connectivity index (χ3v) is 3.84. The summed E-state index contributed by atoms with van der Waals surface area (Å²) < 4.78 is 14.1. The van der Waals surface area contributed by atoms with Gasteiger partial charge in [0, 0.05) is 19.0 Å². The number of hydrogen-bond donors (Lipinski definition) is 3. The maximum atomic E-state index is 14.1. The number of anilines is 3. The Morgan fingerprint density at radius 1 is 1.32 bits per heavy atom. The average molecular weight is 287 g/mol. The Labute approximate surface area is 115 Å². The number of carbonyl (C=O) groups excluding carboxylic acids is 1. The smallest absolute Gasteiger partial charge is 0.220 e. The van der Waals surface area contributed by atoms with E-state index in [1.807, 2.05) is 0 Å². The molecule has 7 heteroatoms. The summed E-state index contributed by atoms with van der Waals surface area (Å²) in [6, 6.07) is 1.45. The van der Waals surface area contributed by atoms with Gasteiger partial charge in [-0.15, -0.1) is 0 Å². The van der Waals surface area contributed by atoms with Crippen LogP contribution in [0.4, 0.5) is 21.5 Å². The number of amides is 1. The Balaban J connectivity index is 2.25. The molecule has 1 heterocycles. The summed E-state index contributed by atoms with van der Waals surface area (Å²) in [6.07, 6.45) is 1.16. The number of halogens is 2. The van der Waals surface area contributed by atoms with Gasteiger partial charge in [0.2, 0.25) is 5.91 Å². The topological polar surface area (TPSA) is 98.4 Å². The zero-order valence-corrected chi connectivity index (χ0v) is 11.1. The van der Waals surface area contributed by atoms with Gasteiger partial charge in [0.05, 0.1) is 17.1 Å². The van der Waals surface area contributed by atoms with E-state index in [9.17, 15) is 9.18 Å². The molecule has 1 aliphatic rings. The van der Waals surface area contributed by atoms with Gasteiger partial charge in [-0.2, -0.15) is 0 Å². The van der Waals surface area contributed by atoms with Gasteiger partial charge in [-0.25, -0.2) is 4.39 Å². The fourth-order valence-electron chi connectivity index (χ4n) is 2.37. The lowest BCUT2D eigenvalue weighted by Crippen LogP contribution is -2.39. The first-order chi connectivity index (χ1) is 8.91. The van der Waals surface area contributed by atoms with E-state index in [0.717, 1.165) is 0 Å². The van der Waals surface area contributed by atoms with E-state index < -0.39 is 5.82 Å². The van der Waals surface area contributed by atoms with Crippen LogP contribution in [0.2, 0.25) is 5.02 Å². The van der Waals surface area contributed by atoms with Gasteiger partial charge in [-0.05, 0) is 18.9 Å². The molecule has 1 aromatic carbocycles. The Kier molecular flexibility index (Phi) is 3.71. The Morgan fingerprint density at radius 3 is 2.42 bits per heavy atom. The van der Waals surface area contributed by atoms with E-state index in [1.165, 1.54) is 6.07 Å².